The van der Waals surface area contributed by atoms with E-state index >= 15 is 0 Å². The zero-order chi connectivity index (χ0) is 38.0. The SMILES string of the molecule is CCCCCCCCCCCCCCCCCCCCCC(=O)O[C@@H](CO)COC(=O)CCCCCCCCCCCCCCCCCCC(C)C. The molecule has 0 aliphatic carbocycles. The smallest absolute Gasteiger partial charge is 0.306 e. The minimum atomic E-state index is -0.763. The molecule has 5 nitrogen and oxygen atoms in total. The Hall–Kier alpha value is -1.10. The molecule has 0 bridgehead atoms. The van der Waals surface area contributed by atoms with Crippen molar-refractivity contribution < 1.29 is 24.2 Å². The van der Waals surface area contributed by atoms with Crippen LogP contribution in [0.4, 0.5) is 0 Å². The fraction of sp³-hybridized carbons (Fsp3) is 0.957. The van der Waals surface area contributed by atoms with Gasteiger partial charge in [-0.2, -0.15) is 0 Å². The van der Waals surface area contributed by atoms with Gasteiger partial charge < -0.3 is 14.6 Å². The predicted octanol–water partition coefficient (Wildman–Crippen LogP) is 14.9. The van der Waals surface area contributed by atoms with Gasteiger partial charge in [0, 0.05) is 12.8 Å². The van der Waals surface area contributed by atoms with E-state index in [0.717, 1.165) is 38.0 Å². The van der Waals surface area contributed by atoms with Crippen LogP contribution < -0.4 is 0 Å². The quantitative estimate of drug-likeness (QED) is 0.0498. The number of ether oxygens (including phenoxy) is 2. The van der Waals surface area contributed by atoms with Gasteiger partial charge in [0.15, 0.2) is 6.10 Å². The van der Waals surface area contributed by atoms with Crippen molar-refractivity contribution in [1.29, 1.82) is 0 Å². The first-order valence-corrected chi connectivity index (χ1v) is 23.5. The lowest BCUT2D eigenvalue weighted by Gasteiger charge is -2.15. The van der Waals surface area contributed by atoms with Crippen molar-refractivity contribution >= 4 is 11.9 Å². The lowest BCUT2D eigenvalue weighted by atomic mass is 10.0. The Morgan fingerprint density at radius 2 is 0.712 bits per heavy atom. The van der Waals surface area contributed by atoms with Crippen molar-refractivity contribution in [2.45, 2.75) is 271 Å². The summed E-state index contributed by atoms with van der Waals surface area (Å²) in [4.78, 5) is 24.4. The highest BCUT2D eigenvalue weighted by Gasteiger charge is 2.16. The van der Waals surface area contributed by atoms with Crippen molar-refractivity contribution in [2.24, 2.45) is 5.92 Å². The minimum absolute atomic E-state index is 0.0568. The molecule has 0 aliphatic rings. The van der Waals surface area contributed by atoms with Crippen molar-refractivity contribution in [3.05, 3.63) is 0 Å². The molecule has 0 saturated carbocycles. The highest BCUT2D eigenvalue weighted by atomic mass is 16.6. The predicted molar refractivity (Wildman–Crippen MR) is 224 cm³/mol. The Bertz CT molecular complexity index is 723. The van der Waals surface area contributed by atoms with E-state index in [1.54, 1.807) is 0 Å². The van der Waals surface area contributed by atoms with Gasteiger partial charge in [-0.05, 0) is 18.8 Å². The molecule has 0 aromatic rings. The Kier molecular flexibility index (Phi) is 41.7. The maximum Gasteiger partial charge on any atom is 0.306 e. The molecule has 1 atom stereocenters. The molecular formula is C47H92O5. The van der Waals surface area contributed by atoms with Crippen molar-refractivity contribution in [2.75, 3.05) is 13.2 Å². The summed E-state index contributed by atoms with van der Waals surface area (Å²) >= 11 is 0. The first-order chi connectivity index (χ1) is 25.5. The van der Waals surface area contributed by atoms with Gasteiger partial charge in [-0.1, -0.05) is 239 Å². The molecule has 0 spiro atoms. The number of rotatable bonds is 43. The molecule has 310 valence electrons. The first kappa shape index (κ1) is 50.9. The Balaban J connectivity index is 3.45. The van der Waals surface area contributed by atoms with Gasteiger partial charge >= 0.3 is 11.9 Å². The fourth-order valence-electron chi connectivity index (χ4n) is 7.27. The molecule has 52 heavy (non-hydrogen) atoms. The summed E-state index contributed by atoms with van der Waals surface area (Å²) in [6.07, 6.45) is 47.5. The van der Waals surface area contributed by atoms with E-state index in [2.05, 4.69) is 20.8 Å². The summed E-state index contributed by atoms with van der Waals surface area (Å²) in [6, 6.07) is 0. The second-order valence-corrected chi connectivity index (χ2v) is 16.7. The molecule has 0 aromatic carbocycles. The van der Waals surface area contributed by atoms with Crippen LogP contribution in [0, 0.1) is 5.92 Å². The zero-order valence-electron chi connectivity index (χ0n) is 35.5. The van der Waals surface area contributed by atoms with Crippen LogP contribution >= 0.6 is 0 Å². The van der Waals surface area contributed by atoms with E-state index in [1.807, 2.05) is 0 Å². The highest BCUT2D eigenvalue weighted by Crippen LogP contribution is 2.17. The molecule has 0 amide bonds. The molecule has 0 saturated heterocycles. The summed E-state index contributed by atoms with van der Waals surface area (Å²) < 4.78 is 10.7. The number of hydrogen-bond acceptors (Lipinski definition) is 5. The summed E-state index contributed by atoms with van der Waals surface area (Å²) in [5, 5.41) is 9.60. The van der Waals surface area contributed by atoms with E-state index in [4.69, 9.17) is 9.47 Å². The van der Waals surface area contributed by atoms with Crippen LogP contribution in [0.2, 0.25) is 0 Å². The molecule has 0 heterocycles. The normalized spacial score (nSPS) is 12.1. The molecular weight excluding hydrogens is 645 g/mol. The van der Waals surface area contributed by atoms with Crippen molar-refractivity contribution in [1.82, 2.24) is 0 Å². The van der Waals surface area contributed by atoms with Gasteiger partial charge in [-0.15, -0.1) is 0 Å². The third-order valence-corrected chi connectivity index (χ3v) is 10.8. The number of unbranched alkanes of at least 4 members (excludes halogenated alkanes) is 33. The second-order valence-electron chi connectivity index (χ2n) is 16.7. The molecule has 0 fully saturated rings. The average molecular weight is 737 g/mol. The lowest BCUT2D eigenvalue weighted by molar-refractivity contribution is -0.161. The summed E-state index contributed by atoms with van der Waals surface area (Å²) in [5.41, 5.74) is 0. The Morgan fingerprint density at radius 3 is 1.02 bits per heavy atom. The van der Waals surface area contributed by atoms with Gasteiger partial charge in [0.25, 0.3) is 0 Å². The molecule has 0 rings (SSSR count). The van der Waals surface area contributed by atoms with Gasteiger partial charge in [0.05, 0.1) is 6.61 Å². The lowest BCUT2D eigenvalue weighted by Crippen LogP contribution is -2.28. The topological polar surface area (TPSA) is 72.8 Å². The van der Waals surface area contributed by atoms with Crippen LogP contribution in [0.1, 0.15) is 265 Å². The minimum Gasteiger partial charge on any atom is -0.462 e. The number of carbonyl (C=O) groups is 2. The molecule has 0 aliphatic heterocycles. The van der Waals surface area contributed by atoms with Crippen LogP contribution in [0.25, 0.3) is 0 Å². The van der Waals surface area contributed by atoms with Crippen LogP contribution in [0.15, 0.2) is 0 Å². The molecule has 0 radical (unpaired) electrons. The number of aliphatic hydroxyl groups excluding tert-OH is 1. The standard InChI is InChI=1S/C47H92O5/c1-4-5-6-7-8-9-10-11-12-13-14-15-20-23-26-29-32-35-38-41-47(50)52-45(42-48)43-51-46(49)40-37-34-31-28-25-22-19-17-16-18-21-24-27-30-33-36-39-44(2)3/h44-45,48H,4-43H2,1-3H3/t45-/m0/s1. The van der Waals surface area contributed by atoms with E-state index in [1.165, 1.54) is 199 Å². The summed E-state index contributed by atoms with van der Waals surface area (Å²) in [7, 11) is 0. The Labute approximate surface area is 325 Å². The van der Waals surface area contributed by atoms with Crippen LogP contribution in [-0.2, 0) is 19.1 Å². The number of carbonyl (C=O) groups excluding carboxylic acids is 2. The van der Waals surface area contributed by atoms with E-state index in [9.17, 15) is 14.7 Å². The highest BCUT2D eigenvalue weighted by molar-refractivity contribution is 5.70. The monoisotopic (exact) mass is 737 g/mol. The number of esters is 2. The maximum absolute atomic E-state index is 12.2. The molecule has 5 heteroatoms. The summed E-state index contributed by atoms with van der Waals surface area (Å²) in [6.45, 7) is 6.55. The van der Waals surface area contributed by atoms with Gasteiger partial charge in [0.2, 0.25) is 0 Å². The molecule has 0 aromatic heterocycles. The van der Waals surface area contributed by atoms with E-state index < -0.39 is 6.10 Å². The maximum atomic E-state index is 12.2. The van der Waals surface area contributed by atoms with Gasteiger partial charge in [-0.25, -0.2) is 0 Å². The van der Waals surface area contributed by atoms with Gasteiger partial charge in [-0.3, -0.25) is 9.59 Å². The van der Waals surface area contributed by atoms with Crippen molar-refractivity contribution in [3.8, 4) is 0 Å². The largest absolute Gasteiger partial charge is 0.462 e. The Morgan fingerprint density at radius 1 is 0.423 bits per heavy atom. The zero-order valence-corrected chi connectivity index (χ0v) is 35.5. The van der Waals surface area contributed by atoms with Crippen LogP contribution in [-0.4, -0.2) is 36.4 Å². The second kappa shape index (κ2) is 42.6. The van der Waals surface area contributed by atoms with Gasteiger partial charge in [0.1, 0.15) is 6.61 Å². The van der Waals surface area contributed by atoms with E-state index in [-0.39, 0.29) is 25.2 Å². The van der Waals surface area contributed by atoms with Crippen molar-refractivity contribution in [3.63, 3.8) is 0 Å². The third kappa shape index (κ3) is 41.7. The summed E-state index contributed by atoms with van der Waals surface area (Å²) in [5.74, 6) is 0.289. The molecule has 1 N–H and O–H groups in total. The third-order valence-electron chi connectivity index (χ3n) is 10.8. The number of aliphatic hydroxyl groups is 1. The van der Waals surface area contributed by atoms with E-state index in [0.29, 0.717) is 12.8 Å². The first-order valence-electron chi connectivity index (χ1n) is 23.5. The number of hydrogen-bond donors (Lipinski definition) is 1. The molecule has 0 unspecified atom stereocenters. The van der Waals surface area contributed by atoms with Crippen LogP contribution in [0.5, 0.6) is 0 Å². The fourth-order valence-corrected chi connectivity index (χ4v) is 7.27. The average Bonchev–Trinajstić information content (AvgIpc) is 3.13. The van der Waals surface area contributed by atoms with Crippen LogP contribution in [0.3, 0.4) is 0 Å².